The average Bonchev–Trinajstić information content (AvgIpc) is 2.52. The van der Waals surface area contributed by atoms with E-state index in [1.54, 1.807) is 17.0 Å². The summed E-state index contributed by atoms with van der Waals surface area (Å²) in [6.45, 7) is 0.947. The minimum absolute atomic E-state index is 0.0170. The number of ether oxygens (including phenoxy) is 1. The second-order valence-electron chi connectivity index (χ2n) is 5.29. The molecule has 0 saturated heterocycles. The van der Waals surface area contributed by atoms with E-state index in [-0.39, 0.29) is 18.0 Å². The molecule has 0 amide bonds. The summed E-state index contributed by atoms with van der Waals surface area (Å²) in [5.41, 5.74) is 1.64. The van der Waals surface area contributed by atoms with Crippen molar-refractivity contribution in [3.63, 3.8) is 0 Å². The van der Waals surface area contributed by atoms with Crippen LogP contribution in [0.4, 0.5) is 18.9 Å². The summed E-state index contributed by atoms with van der Waals surface area (Å²) in [6.07, 6.45) is -2.50. The highest BCUT2D eigenvalue weighted by Gasteiger charge is 2.28. The van der Waals surface area contributed by atoms with Crippen LogP contribution in [-0.2, 0) is 0 Å². The van der Waals surface area contributed by atoms with Gasteiger partial charge in [0.05, 0.1) is 18.5 Å². The first-order valence-electron chi connectivity index (χ1n) is 7.11. The van der Waals surface area contributed by atoms with E-state index in [9.17, 15) is 23.3 Å². The van der Waals surface area contributed by atoms with Crippen molar-refractivity contribution in [1.82, 2.24) is 4.90 Å². The van der Waals surface area contributed by atoms with E-state index >= 15 is 0 Å². The molecule has 23 heavy (non-hydrogen) atoms. The van der Waals surface area contributed by atoms with Gasteiger partial charge in [0.2, 0.25) is 0 Å². The fourth-order valence-corrected chi connectivity index (χ4v) is 2.49. The molecule has 2 rings (SSSR count). The molecule has 0 bridgehead atoms. The summed E-state index contributed by atoms with van der Waals surface area (Å²) in [6, 6.07) is 4.61. The lowest BCUT2D eigenvalue weighted by Gasteiger charge is -2.26. The molecule has 126 valence electrons. The largest absolute Gasteiger partial charge is 0.490 e. The number of benzene rings is 1. The fraction of sp³-hybridized carbons (Fsp3) is 0.467. The van der Waals surface area contributed by atoms with Crippen molar-refractivity contribution in [3.8, 4) is 5.75 Å². The summed E-state index contributed by atoms with van der Waals surface area (Å²) < 4.78 is 41.7. The molecular weight excluding hydrogens is 313 g/mol. The topological polar surface area (TPSA) is 55.6 Å². The molecule has 0 atom stereocenters. The van der Waals surface area contributed by atoms with Gasteiger partial charge in [0.15, 0.2) is 5.75 Å². The lowest BCUT2D eigenvalue weighted by molar-refractivity contribution is -0.385. The van der Waals surface area contributed by atoms with Gasteiger partial charge in [-0.3, -0.25) is 15.0 Å². The average molecular weight is 330 g/mol. The van der Waals surface area contributed by atoms with Gasteiger partial charge in [-0.2, -0.15) is 13.2 Å². The number of halogens is 3. The minimum atomic E-state index is -4.14. The highest BCUT2D eigenvalue weighted by molar-refractivity contribution is 5.69. The summed E-state index contributed by atoms with van der Waals surface area (Å²) in [7, 11) is 1.36. The first-order chi connectivity index (χ1) is 10.8. The number of nitrogens with zero attached hydrogens (tertiary/aromatic N) is 2. The Hall–Kier alpha value is -2.09. The number of methoxy groups -OCH3 is 1. The van der Waals surface area contributed by atoms with E-state index in [2.05, 4.69) is 0 Å². The molecule has 0 aliphatic carbocycles. The fourth-order valence-electron chi connectivity index (χ4n) is 2.49. The van der Waals surface area contributed by atoms with Crippen molar-refractivity contribution in [2.45, 2.75) is 19.0 Å². The van der Waals surface area contributed by atoms with E-state index in [0.717, 1.165) is 11.1 Å². The molecule has 1 aliphatic rings. The highest BCUT2D eigenvalue weighted by atomic mass is 19.4. The van der Waals surface area contributed by atoms with Crippen LogP contribution in [0.1, 0.15) is 18.4 Å². The zero-order valence-corrected chi connectivity index (χ0v) is 12.6. The molecule has 1 aromatic rings. The third kappa shape index (κ3) is 4.69. The molecule has 8 heteroatoms. The monoisotopic (exact) mass is 330 g/mol. The highest BCUT2D eigenvalue weighted by Crippen LogP contribution is 2.32. The van der Waals surface area contributed by atoms with Crippen LogP contribution < -0.4 is 4.74 Å². The predicted molar refractivity (Wildman–Crippen MR) is 79.4 cm³/mol. The van der Waals surface area contributed by atoms with Crippen molar-refractivity contribution >= 4 is 11.3 Å². The first-order valence-corrected chi connectivity index (χ1v) is 7.11. The molecule has 0 N–H and O–H groups in total. The van der Waals surface area contributed by atoms with Crippen molar-refractivity contribution in [1.29, 1.82) is 0 Å². The molecule has 0 spiro atoms. The van der Waals surface area contributed by atoms with Gasteiger partial charge in [-0.05, 0) is 29.7 Å². The Kier molecular flexibility index (Phi) is 5.25. The van der Waals surface area contributed by atoms with Crippen LogP contribution in [0.2, 0.25) is 0 Å². The summed E-state index contributed by atoms with van der Waals surface area (Å²) >= 11 is 0. The molecule has 0 fully saturated rings. The van der Waals surface area contributed by atoms with Gasteiger partial charge < -0.3 is 4.74 Å². The van der Waals surface area contributed by atoms with Gasteiger partial charge in [-0.1, -0.05) is 6.08 Å². The number of nitro groups is 1. The predicted octanol–water partition coefficient (Wildman–Crippen LogP) is 3.64. The molecule has 1 aliphatic heterocycles. The zero-order chi connectivity index (χ0) is 17.0. The maximum Gasteiger partial charge on any atom is 0.390 e. The number of nitro benzene ring substituents is 1. The smallest absolute Gasteiger partial charge is 0.390 e. The Balaban J connectivity index is 2.06. The number of hydrogen-bond donors (Lipinski definition) is 0. The van der Waals surface area contributed by atoms with Crippen molar-refractivity contribution < 1.29 is 22.8 Å². The minimum Gasteiger partial charge on any atom is -0.490 e. The summed E-state index contributed by atoms with van der Waals surface area (Å²) in [5.74, 6) is 0.174. The molecular formula is C15H17F3N2O3. The Bertz CT molecular complexity index is 614. The van der Waals surface area contributed by atoms with Gasteiger partial charge in [0, 0.05) is 25.7 Å². The maximum atomic E-state index is 12.2. The Morgan fingerprint density at radius 2 is 2.13 bits per heavy atom. The van der Waals surface area contributed by atoms with Crippen LogP contribution in [0.5, 0.6) is 5.75 Å². The van der Waals surface area contributed by atoms with E-state index in [4.69, 9.17) is 4.74 Å². The van der Waals surface area contributed by atoms with Crippen LogP contribution >= 0.6 is 0 Å². The third-order valence-electron chi connectivity index (χ3n) is 3.75. The Labute approximate surface area is 131 Å². The van der Waals surface area contributed by atoms with Gasteiger partial charge in [0.1, 0.15) is 0 Å². The van der Waals surface area contributed by atoms with Gasteiger partial charge in [-0.15, -0.1) is 0 Å². The van der Waals surface area contributed by atoms with Crippen LogP contribution in [0.25, 0.3) is 5.57 Å². The standard InChI is InChI=1S/C15H17F3N2O3/c1-23-14-10-12(2-3-13(14)20(21)22)11-4-7-19(8-5-11)9-6-15(16,17)18/h2-4,10H,5-9H2,1H3. The SMILES string of the molecule is COc1cc(C2=CCN(CCC(F)(F)F)CC2)ccc1[N+](=O)[O-]. The van der Waals surface area contributed by atoms with Gasteiger partial charge >= 0.3 is 11.9 Å². The van der Waals surface area contributed by atoms with Crippen LogP contribution in [0.3, 0.4) is 0 Å². The van der Waals surface area contributed by atoms with Crippen molar-refractivity contribution in [3.05, 3.63) is 40.0 Å². The molecule has 0 unspecified atom stereocenters. The van der Waals surface area contributed by atoms with E-state index in [0.29, 0.717) is 19.5 Å². The van der Waals surface area contributed by atoms with E-state index in [1.807, 2.05) is 6.08 Å². The second kappa shape index (κ2) is 6.99. The molecule has 5 nitrogen and oxygen atoms in total. The lowest BCUT2D eigenvalue weighted by atomic mass is 9.98. The molecule has 0 aromatic heterocycles. The van der Waals surface area contributed by atoms with Crippen molar-refractivity contribution in [2.24, 2.45) is 0 Å². The molecule has 1 heterocycles. The lowest BCUT2D eigenvalue weighted by Crippen LogP contribution is -2.32. The Morgan fingerprint density at radius 1 is 1.39 bits per heavy atom. The second-order valence-corrected chi connectivity index (χ2v) is 5.29. The van der Waals surface area contributed by atoms with Crippen molar-refractivity contribution in [2.75, 3.05) is 26.7 Å². The molecule has 0 radical (unpaired) electrons. The summed E-state index contributed by atoms with van der Waals surface area (Å²) in [5, 5.41) is 10.9. The summed E-state index contributed by atoms with van der Waals surface area (Å²) in [4.78, 5) is 12.1. The number of rotatable bonds is 5. The molecule has 0 saturated carbocycles. The van der Waals surface area contributed by atoms with Gasteiger partial charge in [0.25, 0.3) is 0 Å². The quantitative estimate of drug-likeness (QED) is 0.611. The number of hydrogen-bond acceptors (Lipinski definition) is 4. The first kappa shape index (κ1) is 17.3. The zero-order valence-electron chi connectivity index (χ0n) is 12.6. The van der Waals surface area contributed by atoms with E-state index in [1.165, 1.54) is 13.2 Å². The van der Waals surface area contributed by atoms with Crippen LogP contribution in [-0.4, -0.2) is 42.7 Å². The molecule has 1 aromatic carbocycles. The normalized spacial score (nSPS) is 16.1. The Morgan fingerprint density at radius 3 is 2.65 bits per heavy atom. The number of alkyl halides is 3. The van der Waals surface area contributed by atoms with E-state index < -0.39 is 17.5 Å². The maximum absolute atomic E-state index is 12.2. The van der Waals surface area contributed by atoms with Gasteiger partial charge in [-0.25, -0.2) is 0 Å². The van der Waals surface area contributed by atoms with Crippen LogP contribution in [0, 0.1) is 10.1 Å². The third-order valence-corrected chi connectivity index (χ3v) is 3.75. The van der Waals surface area contributed by atoms with Crippen LogP contribution in [0.15, 0.2) is 24.3 Å².